The van der Waals surface area contributed by atoms with Crippen LogP contribution in [0.25, 0.3) is 0 Å². The Balaban J connectivity index is 1.78. The van der Waals surface area contributed by atoms with Crippen molar-refractivity contribution in [3.63, 3.8) is 0 Å². The van der Waals surface area contributed by atoms with E-state index in [1.165, 1.54) is 4.90 Å². The van der Waals surface area contributed by atoms with Crippen LogP contribution in [-0.2, 0) is 9.59 Å². The second kappa shape index (κ2) is 7.20. The number of rotatable bonds is 4. The smallest absolute Gasteiger partial charge is 0.316 e. The summed E-state index contributed by atoms with van der Waals surface area (Å²) in [4.78, 5) is 36.3. The van der Waals surface area contributed by atoms with Crippen LogP contribution in [0.3, 0.4) is 0 Å². The van der Waals surface area contributed by atoms with Gasteiger partial charge in [0.15, 0.2) is 0 Å². The topological polar surface area (TPSA) is 89.7 Å². The number of amides is 1. The van der Waals surface area contributed by atoms with E-state index < -0.39 is 34.1 Å². The Morgan fingerprint density at radius 1 is 1.31 bits per heavy atom. The van der Waals surface area contributed by atoms with E-state index in [0.29, 0.717) is 10.2 Å². The Bertz CT molecular complexity index is 904. The van der Waals surface area contributed by atoms with Gasteiger partial charge >= 0.3 is 11.7 Å². The van der Waals surface area contributed by atoms with E-state index in [1.807, 2.05) is 0 Å². The lowest BCUT2D eigenvalue weighted by atomic mass is 10.1. The van der Waals surface area contributed by atoms with Crippen molar-refractivity contribution in [3.05, 3.63) is 62.9 Å². The van der Waals surface area contributed by atoms with Crippen molar-refractivity contribution in [1.29, 1.82) is 0 Å². The first-order valence-electron chi connectivity index (χ1n) is 7.57. The van der Waals surface area contributed by atoms with Gasteiger partial charge in [-0.15, -0.1) is 0 Å². The highest BCUT2D eigenvalue weighted by Crippen LogP contribution is 2.33. The molecule has 1 atom stereocenters. The second-order valence-corrected chi connectivity index (χ2v) is 6.50. The highest BCUT2D eigenvalue weighted by atomic mass is 79.9. The molecule has 3 rings (SSSR count). The maximum Gasteiger partial charge on any atom is 0.316 e. The van der Waals surface area contributed by atoms with Gasteiger partial charge in [-0.3, -0.25) is 19.7 Å². The van der Waals surface area contributed by atoms with E-state index in [-0.39, 0.29) is 18.9 Å². The quantitative estimate of drug-likeness (QED) is 0.325. The third-order valence-electron chi connectivity index (χ3n) is 3.93. The molecule has 2 aromatic rings. The van der Waals surface area contributed by atoms with Gasteiger partial charge in [-0.2, -0.15) is 0 Å². The number of nitrogens with zero attached hydrogens (tertiary/aromatic N) is 2. The second-order valence-electron chi connectivity index (χ2n) is 5.65. The van der Waals surface area contributed by atoms with Gasteiger partial charge in [-0.1, -0.05) is 12.1 Å². The van der Waals surface area contributed by atoms with Gasteiger partial charge in [0.25, 0.3) is 0 Å². The molecule has 1 fully saturated rings. The molecule has 0 aliphatic carbocycles. The first-order valence-corrected chi connectivity index (χ1v) is 8.36. The van der Waals surface area contributed by atoms with Crippen LogP contribution in [0.15, 0.2) is 46.9 Å². The minimum atomic E-state index is -0.818. The van der Waals surface area contributed by atoms with Crippen molar-refractivity contribution in [1.82, 2.24) is 0 Å². The monoisotopic (exact) mass is 422 g/mol. The molecule has 7 nitrogen and oxygen atoms in total. The Morgan fingerprint density at radius 3 is 2.73 bits per heavy atom. The molecule has 1 aliphatic rings. The standard InChI is InChI=1S/C17H12BrFN2O5/c18-12-3-1-2-4-13(12)20-9-10(7-16(20)22)17(23)26-15-8-11(19)5-6-14(15)21(24)25/h1-6,8,10H,7,9H2. The number of halogens is 2. The van der Waals surface area contributed by atoms with Gasteiger partial charge in [-0.05, 0) is 34.1 Å². The largest absolute Gasteiger partial charge is 0.419 e. The van der Waals surface area contributed by atoms with E-state index in [2.05, 4.69) is 15.9 Å². The van der Waals surface area contributed by atoms with Crippen molar-refractivity contribution in [2.24, 2.45) is 5.92 Å². The Labute approximate surface area is 155 Å². The zero-order chi connectivity index (χ0) is 18.8. The van der Waals surface area contributed by atoms with Gasteiger partial charge in [0.2, 0.25) is 11.7 Å². The fourth-order valence-electron chi connectivity index (χ4n) is 2.68. The molecule has 134 valence electrons. The zero-order valence-corrected chi connectivity index (χ0v) is 14.8. The van der Waals surface area contributed by atoms with E-state index in [4.69, 9.17) is 4.74 Å². The summed E-state index contributed by atoms with van der Waals surface area (Å²) in [6.07, 6.45) is -0.0940. The predicted octanol–water partition coefficient (Wildman–Crippen LogP) is 3.45. The fourth-order valence-corrected chi connectivity index (χ4v) is 3.18. The highest BCUT2D eigenvalue weighted by molar-refractivity contribution is 9.10. The Kier molecular flexibility index (Phi) is 4.99. The summed E-state index contributed by atoms with van der Waals surface area (Å²) in [6, 6.07) is 9.66. The average molecular weight is 423 g/mol. The summed E-state index contributed by atoms with van der Waals surface area (Å²) in [6.45, 7) is 0.0728. The summed E-state index contributed by atoms with van der Waals surface area (Å²) in [5.74, 6) is -3.14. The minimum absolute atomic E-state index is 0.0728. The van der Waals surface area contributed by atoms with Crippen LogP contribution >= 0.6 is 15.9 Å². The van der Waals surface area contributed by atoms with Crippen LogP contribution in [0.5, 0.6) is 5.75 Å². The van der Waals surface area contributed by atoms with Gasteiger partial charge in [0.05, 0.1) is 16.5 Å². The molecule has 9 heteroatoms. The summed E-state index contributed by atoms with van der Waals surface area (Å²) in [5.41, 5.74) is 0.0938. The number of nitro groups is 1. The van der Waals surface area contributed by atoms with Crippen molar-refractivity contribution in [2.45, 2.75) is 6.42 Å². The molecular weight excluding hydrogens is 411 g/mol. The number of anilines is 1. The van der Waals surface area contributed by atoms with Crippen molar-refractivity contribution in [2.75, 3.05) is 11.4 Å². The number of carbonyl (C=O) groups is 2. The zero-order valence-electron chi connectivity index (χ0n) is 13.2. The molecule has 1 unspecified atom stereocenters. The van der Waals surface area contributed by atoms with Crippen molar-refractivity contribution >= 4 is 39.2 Å². The highest BCUT2D eigenvalue weighted by Gasteiger charge is 2.37. The maximum atomic E-state index is 13.3. The van der Waals surface area contributed by atoms with Gasteiger partial charge in [-0.25, -0.2) is 4.39 Å². The van der Waals surface area contributed by atoms with Crippen LogP contribution < -0.4 is 9.64 Å². The number of carbonyl (C=O) groups excluding carboxylic acids is 2. The SMILES string of the molecule is O=C(Oc1cc(F)ccc1[N+](=O)[O-])C1CC(=O)N(c2ccccc2Br)C1. The molecule has 0 bridgehead atoms. The summed E-state index contributed by atoms with van der Waals surface area (Å²) in [5, 5.41) is 11.0. The van der Waals surface area contributed by atoms with Crippen LogP contribution in [-0.4, -0.2) is 23.3 Å². The molecule has 1 amide bonds. The lowest BCUT2D eigenvalue weighted by Gasteiger charge is -2.18. The molecule has 0 N–H and O–H groups in total. The van der Waals surface area contributed by atoms with E-state index >= 15 is 0 Å². The van der Waals surface area contributed by atoms with Crippen LogP contribution in [0, 0.1) is 21.8 Å². The maximum absolute atomic E-state index is 13.3. The van der Waals surface area contributed by atoms with Gasteiger partial charge < -0.3 is 9.64 Å². The van der Waals surface area contributed by atoms with Crippen LogP contribution in [0.2, 0.25) is 0 Å². The third kappa shape index (κ3) is 3.57. The van der Waals surface area contributed by atoms with Gasteiger partial charge in [0.1, 0.15) is 5.82 Å². The minimum Gasteiger partial charge on any atom is -0.419 e. The third-order valence-corrected chi connectivity index (χ3v) is 4.60. The number of benzene rings is 2. The molecule has 0 radical (unpaired) electrons. The number of esters is 1. The van der Waals surface area contributed by atoms with Crippen LogP contribution in [0.4, 0.5) is 15.8 Å². The van der Waals surface area contributed by atoms with E-state index in [0.717, 1.165) is 18.2 Å². The summed E-state index contributed by atoms with van der Waals surface area (Å²) >= 11 is 3.35. The molecular formula is C17H12BrFN2O5. The molecule has 0 aromatic heterocycles. The van der Waals surface area contributed by atoms with E-state index in [9.17, 15) is 24.1 Å². The molecule has 1 saturated heterocycles. The van der Waals surface area contributed by atoms with Crippen molar-refractivity contribution < 1.29 is 23.6 Å². The lowest BCUT2D eigenvalue weighted by Crippen LogP contribution is -2.27. The molecule has 2 aromatic carbocycles. The van der Waals surface area contributed by atoms with Gasteiger partial charge in [0, 0.05) is 29.6 Å². The van der Waals surface area contributed by atoms with Crippen molar-refractivity contribution in [3.8, 4) is 5.75 Å². The number of ether oxygens (including phenoxy) is 1. The molecule has 1 aliphatic heterocycles. The number of para-hydroxylation sites is 1. The Morgan fingerprint density at radius 2 is 2.04 bits per heavy atom. The predicted molar refractivity (Wildman–Crippen MR) is 93.3 cm³/mol. The fraction of sp³-hybridized carbons (Fsp3) is 0.176. The number of hydrogen-bond donors (Lipinski definition) is 0. The molecule has 26 heavy (non-hydrogen) atoms. The Hall–Kier alpha value is -2.81. The van der Waals surface area contributed by atoms with E-state index in [1.54, 1.807) is 24.3 Å². The first kappa shape index (κ1) is 18.0. The summed E-state index contributed by atoms with van der Waals surface area (Å²) < 4.78 is 19.1. The average Bonchev–Trinajstić information content (AvgIpc) is 2.97. The van der Waals surface area contributed by atoms with Crippen LogP contribution in [0.1, 0.15) is 6.42 Å². The molecule has 0 saturated carbocycles. The molecule has 1 heterocycles. The number of hydrogen-bond acceptors (Lipinski definition) is 5. The first-order chi connectivity index (χ1) is 12.4. The number of nitro benzene ring substituents is 1. The molecule has 0 spiro atoms. The normalized spacial score (nSPS) is 16.6. The summed E-state index contributed by atoms with van der Waals surface area (Å²) in [7, 11) is 0. The lowest BCUT2D eigenvalue weighted by molar-refractivity contribution is -0.385.